The molecule has 0 aromatic carbocycles. The van der Waals surface area contributed by atoms with Crippen LogP contribution in [0.1, 0.15) is 82.4 Å². The van der Waals surface area contributed by atoms with Gasteiger partial charge in [-0.2, -0.15) is 0 Å². The van der Waals surface area contributed by atoms with Crippen molar-refractivity contribution in [3.05, 3.63) is 56.8 Å². The lowest BCUT2D eigenvalue weighted by molar-refractivity contribution is -0.372. The monoisotopic (exact) mass is 1310 g/mol. The molecular formula is C50H73N17O21S2. The van der Waals surface area contributed by atoms with Crippen LogP contribution in [0.4, 0.5) is 10.6 Å². The zero-order valence-corrected chi connectivity index (χ0v) is 50.1. The second-order valence-electron chi connectivity index (χ2n) is 20.9. The summed E-state index contributed by atoms with van der Waals surface area (Å²) in [5.41, 5.74) is 33.1. The van der Waals surface area contributed by atoms with Crippen LogP contribution in [-0.4, -0.2) is 242 Å². The van der Waals surface area contributed by atoms with E-state index in [9.17, 15) is 74.4 Å². The van der Waals surface area contributed by atoms with Crippen molar-refractivity contribution in [1.29, 1.82) is 0 Å². The summed E-state index contributed by atoms with van der Waals surface area (Å²) in [6, 6.07) is -7.85. The minimum Gasteiger partial charge on any atom is -0.441 e. The van der Waals surface area contributed by atoms with E-state index in [0.29, 0.717) is 15.7 Å². The highest BCUT2D eigenvalue weighted by Gasteiger charge is 2.54. The number of amides is 8. The third kappa shape index (κ3) is 17.9. The fourth-order valence-electron chi connectivity index (χ4n) is 9.15. The Kier molecular flexibility index (Phi) is 25.3. The van der Waals surface area contributed by atoms with Crippen molar-refractivity contribution in [1.82, 2.24) is 56.5 Å². The Bertz CT molecular complexity index is 3150. The molecule has 38 nitrogen and oxygen atoms in total. The molecule has 2 saturated heterocycles. The Morgan fingerprint density at radius 2 is 1.47 bits per heavy atom. The summed E-state index contributed by atoms with van der Waals surface area (Å²) in [6.45, 7) is 2.60. The minimum absolute atomic E-state index is 0.0170. The maximum Gasteiger partial charge on any atom is 0.404 e. The van der Waals surface area contributed by atoms with Crippen molar-refractivity contribution in [3.8, 4) is 10.7 Å². The zero-order chi connectivity index (χ0) is 66.6. The maximum atomic E-state index is 15.1. The van der Waals surface area contributed by atoms with Crippen molar-refractivity contribution < 1.29 is 103 Å². The van der Waals surface area contributed by atoms with Gasteiger partial charge >= 0.3 is 6.09 Å². The number of H-pyrrole nitrogens is 1. The van der Waals surface area contributed by atoms with Crippen LogP contribution in [0.15, 0.2) is 23.3 Å². The molecular weight excluding hydrogens is 1240 g/mol. The molecule has 1 unspecified atom stereocenters. The van der Waals surface area contributed by atoms with Gasteiger partial charge in [-0.05, 0) is 20.8 Å². The summed E-state index contributed by atoms with van der Waals surface area (Å²) < 4.78 is 28.7. The van der Waals surface area contributed by atoms with Gasteiger partial charge in [0.1, 0.15) is 94.6 Å². The number of aromatic nitrogens is 6. The molecule has 26 N–H and O–H groups in total. The van der Waals surface area contributed by atoms with E-state index in [1.165, 1.54) is 44.4 Å². The molecule has 496 valence electrons. The van der Waals surface area contributed by atoms with Crippen LogP contribution in [0, 0.1) is 12.8 Å². The van der Waals surface area contributed by atoms with Gasteiger partial charge in [-0.1, -0.05) is 6.92 Å². The number of nitrogens with two attached hydrogens (primary N) is 6. The topological polar surface area (TPSA) is 641 Å². The summed E-state index contributed by atoms with van der Waals surface area (Å²) in [6.07, 6.45) is -25.1. The second kappa shape index (κ2) is 31.9. The summed E-state index contributed by atoms with van der Waals surface area (Å²) in [7, 11) is 0. The van der Waals surface area contributed by atoms with Crippen LogP contribution in [-0.2, 0) is 54.1 Å². The number of hydrogen-bond acceptors (Lipinski definition) is 31. The number of hydrogen-bond donors (Lipinski definition) is 20. The first-order chi connectivity index (χ1) is 42.5. The van der Waals surface area contributed by atoms with Crippen LogP contribution in [0.3, 0.4) is 0 Å². The normalized spacial score (nSPS) is 24.8. The van der Waals surface area contributed by atoms with Gasteiger partial charge in [-0.15, -0.1) is 22.7 Å². The van der Waals surface area contributed by atoms with Crippen LogP contribution < -0.4 is 61.0 Å². The Balaban J connectivity index is 1.31. The average Bonchev–Trinajstić information content (AvgIpc) is 0.905. The number of nitrogens with one attached hydrogen (secondary N) is 6. The van der Waals surface area contributed by atoms with E-state index in [4.69, 9.17) is 58.1 Å². The van der Waals surface area contributed by atoms with Crippen molar-refractivity contribution in [2.45, 2.75) is 150 Å². The number of primary amides is 4. The quantitative estimate of drug-likeness (QED) is 0.0222. The van der Waals surface area contributed by atoms with E-state index < -0.39 is 189 Å². The van der Waals surface area contributed by atoms with Crippen molar-refractivity contribution >= 4 is 75.9 Å². The molecule has 0 radical (unpaired) electrons. The number of nitrogens with zero attached hydrogens (tertiary/aromatic N) is 5. The predicted octanol–water partition coefficient (Wildman–Crippen LogP) is -8.60. The van der Waals surface area contributed by atoms with Gasteiger partial charge in [0.2, 0.25) is 29.5 Å². The number of anilines is 1. The molecule has 4 aromatic heterocycles. The number of aliphatic hydroxyl groups is 8. The molecule has 6 rings (SSSR count). The van der Waals surface area contributed by atoms with E-state index in [1.807, 2.05) is 0 Å². The van der Waals surface area contributed by atoms with E-state index in [1.54, 1.807) is 5.38 Å². The fraction of sp³-hybridized carbons (Fsp3) is 0.580. The van der Waals surface area contributed by atoms with Gasteiger partial charge in [0.15, 0.2) is 18.7 Å². The highest BCUT2D eigenvalue weighted by molar-refractivity contribution is 7.14. The Labute approximate surface area is 518 Å². The van der Waals surface area contributed by atoms with Crippen LogP contribution in [0.5, 0.6) is 0 Å². The molecule has 40 heteroatoms. The number of aliphatic hydroxyl groups excluding tert-OH is 8. The SMILES string of the molecule is Cc1c(N)nc([C@H](CC(N)=O)NC[C@H](N)C(N)=O)nc1C(=O)N[C@H](C(=O)N[C@H](C)[C@@H](O)[C@H](C)C(=O)N[C@@H](C(=O)NCCc1nc(-c2nc(C(N)=O)cs2)cs1)[C@@H](C)O)[C@@H](OC1O[C@@H](CO)[C@@H](O)[C@H](O)[C@@H]1O[C@H]1O[C@H](CO)[C@@H](O)[C@H](OC(N)=O)[C@@H]1O)c1cnc[nH]1. The van der Waals surface area contributed by atoms with E-state index >= 15 is 4.79 Å². The van der Waals surface area contributed by atoms with Gasteiger partial charge in [-0.3, -0.25) is 33.6 Å². The number of aromatic amines is 1. The standard InChI is InChI=1S/C50H73N17O21S2/c1-15-28(64-42(67-39(15)53)20(7-26(52)71)59-8-19(51)40(54)77)45(81)66-30(36(21-9-57-14-60-21)86-49-38(34(75)32(73)24(10-68)85-49)87-48-35(76)37(88-50(56)83)33(74)25(11-69)84-48)46(82)61-17(3)31(72)16(2)43(79)65-29(18(4)70)44(80)58-6-5-27-62-23(13-89-27)47-63-22(12-90-47)41(55)78/h9,12-14,16-20,24-25,29-38,48-49,59,68-70,72-76H,5-8,10-11,51H2,1-4H3,(H2,52,71)(H2,54,77)(H2,55,78)(H2,56,83)(H,57,60)(H,58,80)(H,61,82)(H,65,79)(H,66,81)(H2,53,64,67)/t16-,17+,18+,19-,20-,24-,25+,29+,30-,31-,32+,33+,34-,35-,36-,37-,38-,48+,49?/m0/s1. The molecule has 0 spiro atoms. The molecule has 2 fully saturated rings. The average molecular weight is 1310 g/mol. The van der Waals surface area contributed by atoms with Gasteiger partial charge in [0.05, 0.1) is 72.7 Å². The molecule has 2 aliphatic heterocycles. The lowest BCUT2D eigenvalue weighted by Gasteiger charge is -2.47. The first-order valence-electron chi connectivity index (χ1n) is 27.4. The van der Waals surface area contributed by atoms with Crippen molar-refractivity contribution in [2.24, 2.45) is 34.6 Å². The highest BCUT2D eigenvalue weighted by Crippen LogP contribution is 2.35. The molecule has 8 amide bonds. The van der Waals surface area contributed by atoms with Crippen LogP contribution in [0.2, 0.25) is 0 Å². The van der Waals surface area contributed by atoms with Crippen molar-refractivity contribution in [2.75, 3.05) is 32.0 Å². The number of rotatable bonds is 31. The number of ether oxygens (including phenoxy) is 5. The lowest BCUT2D eigenvalue weighted by Crippen LogP contribution is -2.65. The van der Waals surface area contributed by atoms with Crippen LogP contribution in [0.25, 0.3) is 10.7 Å². The molecule has 6 heterocycles. The third-order valence-corrected chi connectivity index (χ3v) is 16.1. The number of thiazole rings is 2. The molecule has 0 saturated carbocycles. The third-order valence-electron chi connectivity index (χ3n) is 14.3. The molecule has 0 aliphatic carbocycles. The van der Waals surface area contributed by atoms with Gasteiger partial charge in [0.25, 0.3) is 11.8 Å². The lowest BCUT2D eigenvalue weighted by atomic mass is 9.96. The Hall–Kier alpha value is -7.65. The number of imidazole rings is 1. The molecule has 4 aromatic rings. The van der Waals surface area contributed by atoms with Gasteiger partial charge in [0, 0.05) is 42.3 Å². The van der Waals surface area contributed by atoms with Crippen LogP contribution >= 0.6 is 22.7 Å². The molecule has 19 atom stereocenters. The number of carbonyl (C=O) groups is 8. The molecule has 90 heavy (non-hydrogen) atoms. The van der Waals surface area contributed by atoms with E-state index in [2.05, 4.69) is 56.5 Å². The van der Waals surface area contributed by atoms with E-state index in [-0.39, 0.29) is 48.1 Å². The van der Waals surface area contributed by atoms with Gasteiger partial charge in [-0.25, -0.2) is 29.7 Å². The van der Waals surface area contributed by atoms with Gasteiger partial charge < -0.3 is 131 Å². The summed E-state index contributed by atoms with van der Waals surface area (Å²) in [5.74, 6) is -9.13. The summed E-state index contributed by atoms with van der Waals surface area (Å²) >= 11 is 2.40. The Morgan fingerprint density at radius 1 is 0.789 bits per heavy atom. The highest BCUT2D eigenvalue weighted by atomic mass is 32.1. The number of nitrogen functional groups attached to an aromatic ring is 1. The first kappa shape index (κ1) is 71.4. The number of carbonyl (C=O) groups excluding carboxylic acids is 8. The zero-order valence-electron chi connectivity index (χ0n) is 48.4. The molecule has 0 bridgehead atoms. The maximum absolute atomic E-state index is 15.1. The predicted molar refractivity (Wildman–Crippen MR) is 306 cm³/mol. The van der Waals surface area contributed by atoms with Crippen molar-refractivity contribution in [3.63, 3.8) is 0 Å². The van der Waals surface area contributed by atoms with E-state index in [0.717, 1.165) is 23.9 Å². The summed E-state index contributed by atoms with van der Waals surface area (Å²) in [4.78, 5) is 129. The Morgan fingerprint density at radius 3 is 2.07 bits per heavy atom. The minimum atomic E-state index is -2.20. The summed E-state index contributed by atoms with van der Waals surface area (Å²) in [5, 5.41) is 105. The smallest absolute Gasteiger partial charge is 0.404 e. The largest absolute Gasteiger partial charge is 0.441 e. The first-order valence-corrected chi connectivity index (χ1v) is 29.2. The second-order valence-corrected chi connectivity index (χ2v) is 22.7. The fourth-order valence-corrected chi connectivity index (χ4v) is 10.8. The molecule has 2 aliphatic rings.